The SMILES string of the molecule is CCC(C)(C)N(C(=O)C(C)NC(=O)OC(C)(C)C)C(C(=O)Nc1c(C)cccc1C)c1cccc(C)c1C. The van der Waals surface area contributed by atoms with Crippen molar-refractivity contribution in [2.75, 3.05) is 5.32 Å². The van der Waals surface area contributed by atoms with E-state index in [-0.39, 0.29) is 11.8 Å². The number of amides is 3. The Morgan fingerprint density at radius 1 is 0.895 bits per heavy atom. The Morgan fingerprint density at radius 2 is 1.42 bits per heavy atom. The van der Waals surface area contributed by atoms with Gasteiger partial charge in [0.1, 0.15) is 17.7 Å². The summed E-state index contributed by atoms with van der Waals surface area (Å²) in [6, 6.07) is 9.78. The van der Waals surface area contributed by atoms with Gasteiger partial charge < -0.3 is 20.3 Å². The molecule has 2 atom stereocenters. The van der Waals surface area contributed by atoms with Crippen LogP contribution in [0.15, 0.2) is 36.4 Å². The van der Waals surface area contributed by atoms with E-state index in [2.05, 4.69) is 10.6 Å². The van der Waals surface area contributed by atoms with Crippen molar-refractivity contribution >= 4 is 23.6 Å². The number of alkyl carbamates (subject to hydrolysis) is 1. The summed E-state index contributed by atoms with van der Waals surface area (Å²) in [5.41, 5.74) is 3.89. The van der Waals surface area contributed by atoms with Gasteiger partial charge in [0, 0.05) is 11.2 Å². The van der Waals surface area contributed by atoms with Gasteiger partial charge in [0.25, 0.3) is 5.91 Å². The summed E-state index contributed by atoms with van der Waals surface area (Å²) in [6.45, 7) is 20.6. The summed E-state index contributed by atoms with van der Waals surface area (Å²) in [5.74, 6) is -0.680. The predicted octanol–water partition coefficient (Wildman–Crippen LogP) is 6.53. The van der Waals surface area contributed by atoms with E-state index >= 15 is 0 Å². The molecule has 2 aromatic rings. The molecular weight excluding hydrogens is 478 g/mol. The molecule has 0 heterocycles. The standard InChI is InChI=1S/C31H45N3O4/c1-12-31(10,11)34(28(36)23(6)32-29(37)38-30(7,8)9)26(24-18-14-15-19(2)22(24)5)27(35)33-25-20(3)16-13-17-21(25)4/h13-18,23,26H,12H2,1-11H3,(H,32,37)(H,33,35). The quantitative estimate of drug-likeness (QED) is 0.412. The first-order valence-electron chi connectivity index (χ1n) is 13.3. The Balaban J connectivity index is 2.65. The Hall–Kier alpha value is -3.35. The minimum atomic E-state index is -0.931. The number of benzene rings is 2. The van der Waals surface area contributed by atoms with Gasteiger partial charge in [0.15, 0.2) is 0 Å². The summed E-state index contributed by atoms with van der Waals surface area (Å²) in [6.07, 6.45) is -0.0912. The summed E-state index contributed by atoms with van der Waals surface area (Å²) in [7, 11) is 0. The van der Waals surface area contributed by atoms with E-state index in [9.17, 15) is 14.4 Å². The van der Waals surface area contributed by atoms with Crippen LogP contribution < -0.4 is 10.6 Å². The molecule has 2 aromatic carbocycles. The minimum Gasteiger partial charge on any atom is -0.444 e. The summed E-state index contributed by atoms with van der Waals surface area (Å²) >= 11 is 0. The molecule has 2 unspecified atom stereocenters. The van der Waals surface area contributed by atoms with Gasteiger partial charge in [-0.1, -0.05) is 43.3 Å². The number of ether oxygens (including phenoxy) is 1. The van der Waals surface area contributed by atoms with Crippen molar-refractivity contribution in [2.24, 2.45) is 0 Å². The van der Waals surface area contributed by atoms with E-state index in [1.807, 2.05) is 84.9 Å². The molecule has 38 heavy (non-hydrogen) atoms. The molecule has 0 aliphatic rings. The Bertz CT molecular complexity index is 1160. The van der Waals surface area contributed by atoms with E-state index in [1.165, 1.54) is 0 Å². The highest BCUT2D eigenvalue weighted by molar-refractivity contribution is 6.00. The zero-order valence-electron chi connectivity index (χ0n) is 24.9. The second-order valence-corrected chi connectivity index (χ2v) is 11.7. The predicted molar refractivity (Wildman–Crippen MR) is 153 cm³/mol. The van der Waals surface area contributed by atoms with Gasteiger partial charge in [-0.05, 0) is 103 Å². The van der Waals surface area contributed by atoms with Crippen LogP contribution in [0.5, 0.6) is 0 Å². The third-order valence-electron chi connectivity index (χ3n) is 7.04. The van der Waals surface area contributed by atoms with Gasteiger partial charge in [-0.15, -0.1) is 0 Å². The van der Waals surface area contributed by atoms with E-state index in [4.69, 9.17) is 4.74 Å². The molecule has 0 aromatic heterocycles. The van der Waals surface area contributed by atoms with Crippen molar-refractivity contribution in [2.45, 2.75) is 106 Å². The highest BCUT2D eigenvalue weighted by Crippen LogP contribution is 2.35. The average Bonchev–Trinajstić information content (AvgIpc) is 2.80. The van der Waals surface area contributed by atoms with Crippen molar-refractivity contribution in [3.05, 3.63) is 64.2 Å². The maximum atomic E-state index is 14.2. The topological polar surface area (TPSA) is 87.7 Å². The third kappa shape index (κ3) is 7.36. The van der Waals surface area contributed by atoms with Gasteiger partial charge in [0.05, 0.1) is 0 Å². The lowest BCUT2D eigenvalue weighted by molar-refractivity contribution is -0.147. The number of hydrogen-bond donors (Lipinski definition) is 2. The number of carbonyl (C=O) groups excluding carboxylic acids is 3. The monoisotopic (exact) mass is 523 g/mol. The van der Waals surface area contributed by atoms with Crippen LogP contribution in [0.25, 0.3) is 0 Å². The van der Waals surface area contributed by atoms with Crippen molar-refractivity contribution in [3.8, 4) is 0 Å². The van der Waals surface area contributed by atoms with E-state index in [0.29, 0.717) is 6.42 Å². The average molecular weight is 524 g/mol. The van der Waals surface area contributed by atoms with E-state index in [0.717, 1.165) is 33.5 Å². The third-order valence-corrected chi connectivity index (χ3v) is 7.04. The van der Waals surface area contributed by atoms with Crippen LogP contribution in [-0.4, -0.2) is 40.0 Å². The van der Waals surface area contributed by atoms with Crippen LogP contribution in [0.1, 0.15) is 88.7 Å². The lowest BCUT2D eigenvalue weighted by Gasteiger charge is -2.44. The van der Waals surface area contributed by atoms with Crippen LogP contribution in [0.4, 0.5) is 10.5 Å². The fourth-order valence-corrected chi connectivity index (χ4v) is 4.37. The zero-order valence-corrected chi connectivity index (χ0v) is 24.9. The molecule has 2 N–H and O–H groups in total. The van der Waals surface area contributed by atoms with Crippen molar-refractivity contribution in [1.82, 2.24) is 10.2 Å². The largest absolute Gasteiger partial charge is 0.444 e. The number of rotatable bonds is 8. The molecule has 208 valence electrons. The molecule has 0 fully saturated rings. The molecule has 3 amide bonds. The first kappa shape index (κ1) is 30.9. The lowest BCUT2D eigenvalue weighted by Crippen LogP contribution is -2.58. The minimum absolute atomic E-state index is 0.310. The van der Waals surface area contributed by atoms with Crippen molar-refractivity contribution < 1.29 is 19.1 Å². The first-order chi connectivity index (χ1) is 17.5. The number of nitrogens with one attached hydrogen (secondary N) is 2. The molecule has 7 heteroatoms. The number of para-hydroxylation sites is 1. The van der Waals surface area contributed by atoms with Gasteiger partial charge in [-0.25, -0.2) is 4.79 Å². The molecular formula is C31H45N3O4. The zero-order chi connectivity index (χ0) is 29.0. The summed E-state index contributed by atoms with van der Waals surface area (Å²) in [4.78, 5) is 42.5. The van der Waals surface area contributed by atoms with Crippen LogP contribution in [0, 0.1) is 27.7 Å². The second kappa shape index (κ2) is 12.0. The summed E-state index contributed by atoms with van der Waals surface area (Å²) < 4.78 is 5.38. The maximum Gasteiger partial charge on any atom is 0.408 e. The van der Waals surface area contributed by atoms with E-state index < -0.39 is 29.3 Å². The van der Waals surface area contributed by atoms with Gasteiger partial charge in [-0.2, -0.15) is 0 Å². The molecule has 0 saturated heterocycles. The maximum absolute atomic E-state index is 14.2. The van der Waals surface area contributed by atoms with Crippen molar-refractivity contribution in [3.63, 3.8) is 0 Å². The molecule has 0 aliphatic carbocycles. The second-order valence-electron chi connectivity index (χ2n) is 11.7. The number of aryl methyl sites for hydroxylation is 3. The van der Waals surface area contributed by atoms with Gasteiger partial charge in [0.2, 0.25) is 5.91 Å². The van der Waals surface area contributed by atoms with Gasteiger partial charge in [-0.3, -0.25) is 9.59 Å². The smallest absolute Gasteiger partial charge is 0.408 e. The molecule has 0 radical (unpaired) electrons. The van der Waals surface area contributed by atoms with E-state index in [1.54, 1.807) is 32.6 Å². The number of carbonyl (C=O) groups is 3. The normalized spacial score (nSPS) is 13.3. The van der Waals surface area contributed by atoms with Gasteiger partial charge >= 0.3 is 6.09 Å². The Morgan fingerprint density at radius 3 is 1.95 bits per heavy atom. The Kier molecular flexibility index (Phi) is 9.76. The molecule has 2 rings (SSSR count). The molecule has 0 aliphatic heterocycles. The highest BCUT2D eigenvalue weighted by Gasteiger charge is 2.42. The number of anilines is 1. The number of nitrogens with zero attached hydrogens (tertiary/aromatic N) is 1. The lowest BCUT2D eigenvalue weighted by atomic mass is 9.89. The summed E-state index contributed by atoms with van der Waals surface area (Å²) in [5, 5.41) is 5.79. The van der Waals surface area contributed by atoms with Crippen LogP contribution in [0.2, 0.25) is 0 Å². The molecule has 0 saturated carbocycles. The van der Waals surface area contributed by atoms with Crippen LogP contribution >= 0.6 is 0 Å². The first-order valence-corrected chi connectivity index (χ1v) is 13.3. The fourth-order valence-electron chi connectivity index (χ4n) is 4.37. The molecule has 0 spiro atoms. The highest BCUT2D eigenvalue weighted by atomic mass is 16.6. The van der Waals surface area contributed by atoms with Crippen LogP contribution in [-0.2, 0) is 14.3 Å². The van der Waals surface area contributed by atoms with Crippen LogP contribution in [0.3, 0.4) is 0 Å². The number of hydrogen-bond acceptors (Lipinski definition) is 4. The molecule has 7 nitrogen and oxygen atoms in total. The Labute approximate surface area is 228 Å². The molecule has 0 bridgehead atoms. The fraction of sp³-hybridized carbons (Fsp3) is 0.516. The van der Waals surface area contributed by atoms with Crippen molar-refractivity contribution in [1.29, 1.82) is 0 Å².